The molecule has 4 amide bonds. The standard InChI is InChI=1S/C54H64F10N11O14P/c1-51(2,53(59,60)61)42(70-48(78)84-5)44(76)69-40(17-30-10-7-29(8-11-30)9-12-31-20-67-47(68-21-31)73-22-33-13-14-34(23-73)75(33)35-26-86-27-35)41(89-50(80)87-28-88-90(81,82)83)25-74(72-45(77)43(71-49(79)85-6)52(3,4)54(62,63)64)24-36-37(55)18-32(19-38(36)56)39(65)15-16-66-46(57)58/h7-8,10-11,15-16,18-21,33-35,40-43,46H,13-14,17,22-28,65H2,1-6H3,(H,69,76)(H,70,78)(H,71,79)(H,72,77)(H2,81,82,83)/t33?,34?,40-,41-,42+,43+/m0/s1. The first-order valence-electron chi connectivity index (χ1n) is 27.0. The highest BCUT2D eigenvalue weighted by Crippen LogP contribution is 2.42. The normalized spacial score (nSPS) is 18.2. The summed E-state index contributed by atoms with van der Waals surface area (Å²) < 4.78 is 187. The Kier molecular flexibility index (Phi) is 23.6. The van der Waals surface area contributed by atoms with Gasteiger partial charge in [0.25, 0.3) is 5.91 Å². The fourth-order valence-corrected chi connectivity index (χ4v) is 9.85. The number of alkyl halides is 8. The number of amides is 4. The number of piperazine rings is 1. The minimum Gasteiger partial charge on any atom is -0.453 e. The van der Waals surface area contributed by atoms with E-state index >= 15 is 8.78 Å². The van der Waals surface area contributed by atoms with Crippen molar-refractivity contribution in [3.8, 4) is 11.8 Å². The zero-order chi connectivity index (χ0) is 66.7. The second kappa shape index (κ2) is 29.8. The number of nitrogens with one attached hydrogen (secondary N) is 4. The Hall–Kier alpha value is -7.87. The van der Waals surface area contributed by atoms with Gasteiger partial charge in [0.1, 0.15) is 29.8 Å². The molecule has 3 aliphatic heterocycles. The molecule has 0 aliphatic carbocycles. The number of hydrogen-bond acceptors (Lipinski definition) is 19. The van der Waals surface area contributed by atoms with Gasteiger partial charge in [-0.1, -0.05) is 24.0 Å². The van der Waals surface area contributed by atoms with Gasteiger partial charge < -0.3 is 60.1 Å². The van der Waals surface area contributed by atoms with E-state index in [-0.39, 0.29) is 5.56 Å². The van der Waals surface area contributed by atoms with Crippen LogP contribution in [0.15, 0.2) is 59.9 Å². The number of aliphatic imine (C=N–C) groups is 1. The van der Waals surface area contributed by atoms with Crippen LogP contribution < -0.4 is 32.0 Å². The molecular formula is C54H64F10N11O14P. The van der Waals surface area contributed by atoms with Crippen molar-refractivity contribution in [3.05, 3.63) is 94.3 Å². The van der Waals surface area contributed by atoms with Gasteiger partial charge in [-0.3, -0.25) is 19.9 Å². The Morgan fingerprint density at radius 1 is 0.833 bits per heavy atom. The lowest BCUT2D eigenvalue weighted by molar-refractivity contribution is -0.221. The average Bonchev–Trinajstić information content (AvgIpc) is 1.49. The summed E-state index contributed by atoms with van der Waals surface area (Å²) in [7, 11) is -3.97. The average molecular weight is 1310 g/mol. The first kappa shape index (κ1) is 71.2. The largest absolute Gasteiger partial charge is 0.510 e. The molecule has 8 N–H and O–H groups in total. The predicted molar refractivity (Wildman–Crippen MR) is 295 cm³/mol. The van der Waals surface area contributed by atoms with E-state index in [1.165, 1.54) is 36.7 Å². The number of carbonyl (C=O) groups excluding carboxylic acids is 5. The number of methoxy groups -OCH3 is 2. The number of rotatable bonds is 24. The van der Waals surface area contributed by atoms with Crippen LogP contribution >= 0.6 is 7.82 Å². The second-order valence-corrected chi connectivity index (χ2v) is 23.0. The molecule has 2 aromatic carbocycles. The number of hydrogen-bond donors (Lipinski definition) is 7. The first-order chi connectivity index (χ1) is 42.0. The molecule has 6 atom stereocenters. The summed E-state index contributed by atoms with van der Waals surface area (Å²) in [5, 5.41) is 6.08. The van der Waals surface area contributed by atoms with Crippen LogP contribution in [-0.4, -0.2) is 181 Å². The van der Waals surface area contributed by atoms with Gasteiger partial charge in [-0.05, 0) is 82.9 Å². The van der Waals surface area contributed by atoms with Crippen LogP contribution in [-0.2, 0) is 55.3 Å². The summed E-state index contributed by atoms with van der Waals surface area (Å²) in [5.74, 6) is -0.363. The molecule has 0 spiro atoms. The second-order valence-electron chi connectivity index (χ2n) is 21.8. The molecule has 3 aliphatic rings. The smallest absolute Gasteiger partial charge is 0.453 e. The topological polar surface area (TPSA) is 320 Å². The van der Waals surface area contributed by atoms with Gasteiger partial charge in [-0.25, -0.2) is 52.2 Å². The van der Waals surface area contributed by atoms with Crippen LogP contribution in [0.25, 0.3) is 5.70 Å². The van der Waals surface area contributed by atoms with Crippen molar-refractivity contribution in [3.63, 3.8) is 0 Å². The van der Waals surface area contributed by atoms with E-state index < -0.39 is 147 Å². The number of nitrogens with zero attached hydrogens (tertiary/aromatic N) is 6. The number of benzene rings is 2. The molecule has 3 aromatic rings. The van der Waals surface area contributed by atoms with Crippen LogP contribution in [0.2, 0.25) is 0 Å². The van der Waals surface area contributed by atoms with E-state index in [2.05, 4.69) is 60.7 Å². The fourth-order valence-electron chi connectivity index (χ4n) is 9.66. The molecular weight excluding hydrogens is 1250 g/mol. The zero-order valence-electron chi connectivity index (χ0n) is 48.7. The van der Waals surface area contributed by atoms with Gasteiger partial charge in [-0.2, -0.15) is 35.1 Å². The maximum atomic E-state index is 16.3. The van der Waals surface area contributed by atoms with Gasteiger partial charge in [-0.15, -0.1) is 0 Å². The molecule has 25 nitrogen and oxygen atoms in total. The number of ether oxygens (including phenoxy) is 5. The minimum absolute atomic E-state index is 0.0820. The Morgan fingerprint density at radius 2 is 1.37 bits per heavy atom. The van der Waals surface area contributed by atoms with E-state index in [9.17, 15) is 73.4 Å². The van der Waals surface area contributed by atoms with Crippen molar-refractivity contribution in [2.75, 3.05) is 58.8 Å². The van der Waals surface area contributed by atoms with E-state index in [0.29, 0.717) is 99.5 Å². The molecule has 2 bridgehead atoms. The van der Waals surface area contributed by atoms with Gasteiger partial charge in [0.05, 0.1) is 62.5 Å². The van der Waals surface area contributed by atoms with E-state index in [4.69, 9.17) is 15.2 Å². The predicted octanol–water partition coefficient (Wildman–Crippen LogP) is 5.57. The number of nitrogens with two attached hydrogens (primary N) is 1. The third-order valence-corrected chi connectivity index (χ3v) is 15.4. The zero-order valence-corrected chi connectivity index (χ0v) is 49.6. The molecule has 3 fully saturated rings. The third kappa shape index (κ3) is 18.9. The highest BCUT2D eigenvalue weighted by molar-refractivity contribution is 7.46. The summed E-state index contributed by atoms with van der Waals surface area (Å²) in [6.45, 7) is -2.80. The molecule has 6 rings (SSSR count). The number of hydrazine groups is 1. The lowest BCUT2D eigenvalue weighted by Crippen LogP contribution is -2.64. The van der Waals surface area contributed by atoms with Gasteiger partial charge >= 0.3 is 45.1 Å². The SMILES string of the molecule is COC(=O)N[C@H](C(=O)N[C@@H](Cc1ccc(C#Cc2cnc(N3CC4CCC(C3)N4C3COC3)nc2)cc1)[C@H](CN(Cc1c(F)cc(C(N)=CC=NC(F)F)cc1F)NC(=O)[C@@H](NC(=O)OC)C(C)(C)C(F)(F)F)OC(=O)OCOP(=O)(O)O)C(C)(C)C(F)(F)F. The van der Waals surface area contributed by atoms with Crippen LogP contribution in [0, 0.1) is 34.3 Å². The van der Waals surface area contributed by atoms with Crippen molar-refractivity contribution in [1.29, 1.82) is 0 Å². The van der Waals surface area contributed by atoms with Crippen molar-refractivity contribution in [2.45, 2.75) is 115 Å². The molecule has 4 heterocycles. The molecule has 0 radical (unpaired) electrons. The lowest BCUT2D eigenvalue weighted by Gasteiger charge is -2.47. The number of anilines is 1. The van der Waals surface area contributed by atoms with E-state index in [0.717, 1.165) is 46.2 Å². The Bertz CT molecular complexity index is 3180. The van der Waals surface area contributed by atoms with Gasteiger partial charge in [0.15, 0.2) is 0 Å². The van der Waals surface area contributed by atoms with Crippen molar-refractivity contribution < 1.29 is 110 Å². The van der Waals surface area contributed by atoms with Crippen LogP contribution in [0.3, 0.4) is 0 Å². The number of aromatic nitrogens is 2. The molecule has 2 unspecified atom stereocenters. The third-order valence-electron chi connectivity index (χ3n) is 15.0. The number of allylic oxidation sites excluding steroid dienone is 1. The molecule has 3 saturated heterocycles. The number of alkyl carbamates (subject to hydrolysis) is 2. The monoisotopic (exact) mass is 1310 g/mol. The molecule has 36 heteroatoms. The summed E-state index contributed by atoms with van der Waals surface area (Å²) in [6.07, 6.45) is -12.6. The maximum Gasteiger partial charge on any atom is 0.510 e. The molecule has 0 saturated carbocycles. The first-order valence-corrected chi connectivity index (χ1v) is 28.5. The lowest BCUT2D eigenvalue weighted by atomic mass is 9.82. The summed E-state index contributed by atoms with van der Waals surface area (Å²) in [6, 6.07) is 0.212. The Balaban J connectivity index is 1.43. The molecule has 1 aromatic heterocycles. The van der Waals surface area contributed by atoms with E-state index in [1.807, 2.05) is 5.43 Å². The number of halogens is 10. The quantitative estimate of drug-likeness (QED) is 0.00663. The molecule has 494 valence electrons. The summed E-state index contributed by atoms with van der Waals surface area (Å²) in [4.78, 5) is 102. The number of phosphoric acid groups is 1. The molecule has 90 heavy (non-hydrogen) atoms. The highest BCUT2D eigenvalue weighted by atomic mass is 31.2. The van der Waals surface area contributed by atoms with Crippen LogP contribution in [0.5, 0.6) is 0 Å². The number of phosphoric ester groups is 1. The Labute approximate surface area is 507 Å². The minimum atomic E-state index is -5.43. The highest BCUT2D eigenvalue weighted by Gasteiger charge is 2.57. The van der Waals surface area contributed by atoms with Crippen molar-refractivity contribution in [1.82, 2.24) is 41.3 Å². The van der Waals surface area contributed by atoms with Crippen molar-refractivity contribution in [2.24, 2.45) is 21.6 Å². The van der Waals surface area contributed by atoms with E-state index in [1.54, 1.807) is 10.6 Å². The van der Waals surface area contributed by atoms with Crippen molar-refractivity contribution >= 4 is 55.8 Å². The summed E-state index contributed by atoms with van der Waals surface area (Å²) in [5.41, 5.74) is -0.0484. The van der Waals surface area contributed by atoms with Crippen LogP contribution in [0.1, 0.15) is 68.4 Å². The van der Waals surface area contributed by atoms with Gasteiger partial charge in [0.2, 0.25) is 18.6 Å². The van der Waals surface area contributed by atoms with Crippen LogP contribution in [0.4, 0.5) is 64.2 Å². The van der Waals surface area contributed by atoms with Gasteiger partial charge in [0, 0.05) is 72.7 Å². The number of carbonyl (C=O) groups is 5. The summed E-state index contributed by atoms with van der Waals surface area (Å²) >= 11 is 0. The fraction of sp³-hybridized carbons (Fsp3) is 0.519. The number of fused-ring (bicyclic) bond motifs is 2. The maximum absolute atomic E-state index is 16.3. The Morgan fingerprint density at radius 3 is 1.86 bits per heavy atom.